The van der Waals surface area contributed by atoms with Crippen LogP contribution < -0.4 is 4.72 Å². The van der Waals surface area contributed by atoms with E-state index in [-0.39, 0.29) is 18.5 Å². The fourth-order valence-electron chi connectivity index (χ4n) is 2.66. The van der Waals surface area contributed by atoms with E-state index in [1.807, 2.05) is 0 Å². The number of nitrogens with one attached hydrogen (secondary N) is 1. The molecule has 2 rings (SSSR count). The second-order valence-corrected chi connectivity index (χ2v) is 7.30. The summed E-state index contributed by atoms with van der Waals surface area (Å²) in [6.07, 6.45) is 3.82. The van der Waals surface area contributed by atoms with Crippen LogP contribution in [0.2, 0.25) is 0 Å². The van der Waals surface area contributed by atoms with Crippen molar-refractivity contribution in [2.24, 2.45) is 0 Å². The molecule has 1 saturated heterocycles. The third-order valence-corrected chi connectivity index (χ3v) is 4.41. The third kappa shape index (κ3) is 3.82. The zero-order valence-corrected chi connectivity index (χ0v) is 13.4. The Hall–Kier alpha value is -1.41. The first kappa shape index (κ1) is 16.0. The first-order valence-corrected chi connectivity index (χ1v) is 8.87. The van der Waals surface area contributed by atoms with E-state index in [1.165, 1.54) is 0 Å². The second-order valence-electron chi connectivity index (χ2n) is 5.47. The van der Waals surface area contributed by atoms with Gasteiger partial charge in [-0.1, -0.05) is 5.16 Å². The number of hydrogen-bond acceptors (Lipinski definition) is 5. The molecule has 0 bridgehead atoms. The fourth-order valence-corrected chi connectivity index (χ4v) is 3.15. The molecule has 1 aromatic rings. The van der Waals surface area contributed by atoms with Crippen LogP contribution in [0, 0.1) is 13.8 Å². The van der Waals surface area contributed by atoms with Crippen LogP contribution in [0.4, 0.5) is 0 Å². The van der Waals surface area contributed by atoms with Gasteiger partial charge in [-0.2, -0.15) is 0 Å². The van der Waals surface area contributed by atoms with Crippen molar-refractivity contribution in [3.8, 4) is 0 Å². The first-order valence-electron chi connectivity index (χ1n) is 6.98. The average molecular weight is 315 g/mol. The molecule has 0 radical (unpaired) electrons. The Bertz CT molecular complexity index is 604. The van der Waals surface area contributed by atoms with Crippen LogP contribution in [0.5, 0.6) is 0 Å². The van der Waals surface area contributed by atoms with Gasteiger partial charge in [0.15, 0.2) is 0 Å². The zero-order valence-electron chi connectivity index (χ0n) is 12.5. The summed E-state index contributed by atoms with van der Waals surface area (Å²) < 4.78 is 30.0. The molecule has 21 heavy (non-hydrogen) atoms. The lowest BCUT2D eigenvalue weighted by Crippen LogP contribution is -2.49. The molecule has 1 N–H and O–H groups in total. The highest BCUT2D eigenvalue weighted by Gasteiger charge is 2.31. The summed E-state index contributed by atoms with van der Waals surface area (Å²) in [4.78, 5) is 14.4. The minimum Gasteiger partial charge on any atom is -0.361 e. The Morgan fingerprint density at radius 2 is 2.14 bits per heavy atom. The van der Waals surface area contributed by atoms with Crippen LogP contribution >= 0.6 is 0 Å². The lowest BCUT2D eigenvalue weighted by molar-refractivity contribution is 0.0616. The Morgan fingerprint density at radius 1 is 1.43 bits per heavy atom. The Labute approximate surface area is 124 Å². The third-order valence-electron chi connectivity index (χ3n) is 3.72. The second kappa shape index (κ2) is 6.15. The molecule has 1 amide bonds. The van der Waals surface area contributed by atoms with E-state index in [2.05, 4.69) is 9.88 Å². The summed E-state index contributed by atoms with van der Waals surface area (Å²) >= 11 is 0. The Kier molecular flexibility index (Phi) is 4.67. The largest absolute Gasteiger partial charge is 0.361 e. The highest BCUT2D eigenvalue weighted by molar-refractivity contribution is 7.88. The van der Waals surface area contributed by atoms with Crippen molar-refractivity contribution in [2.75, 3.05) is 19.3 Å². The summed E-state index contributed by atoms with van der Waals surface area (Å²) in [5, 5.41) is 3.81. The van der Waals surface area contributed by atoms with Gasteiger partial charge in [-0.15, -0.1) is 0 Å². The Morgan fingerprint density at radius 3 is 2.71 bits per heavy atom. The molecule has 1 aliphatic heterocycles. The van der Waals surface area contributed by atoms with Gasteiger partial charge in [0, 0.05) is 19.1 Å². The van der Waals surface area contributed by atoms with Crippen molar-refractivity contribution in [3.05, 3.63) is 17.0 Å². The fraction of sp³-hybridized carbons (Fsp3) is 0.692. The van der Waals surface area contributed by atoms with Crippen LogP contribution in [0.25, 0.3) is 0 Å². The lowest BCUT2D eigenvalue weighted by atomic mass is 10.0. The molecule has 0 saturated carbocycles. The molecule has 0 aliphatic carbocycles. The number of carbonyl (C=O) groups excluding carboxylic acids is 1. The van der Waals surface area contributed by atoms with Crippen LogP contribution in [0.1, 0.15) is 41.1 Å². The summed E-state index contributed by atoms with van der Waals surface area (Å²) in [5.74, 6) is 0.365. The van der Waals surface area contributed by atoms with E-state index in [9.17, 15) is 13.2 Å². The van der Waals surface area contributed by atoms with E-state index in [4.69, 9.17) is 4.52 Å². The average Bonchev–Trinajstić information content (AvgIpc) is 2.75. The van der Waals surface area contributed by atoms with Gasteiger partial charge in [-0.25, -0.2) is 13.1 Å². The predicted molar refractivity (Wildman–Crippen MR) is 77.5 cm³/mol. The number of aromatic nitrogens is 1. The van der Waals surface area contributed by atoms with E-state index >= 15 is 0 Å². The van der Waals surface area contributed by atoms with Crippen LogP contribution in [-0.4, -0.2) is 49.8 Å². The van der Waals surface area contributed by atoms with Gasteiger partial charge >= 0.3 is 0 Å². The van der Waals surface area contributed by atoms with Gasteiger partial charge < -0.3 is 9.42 Å². The zero-order chi connectivity index (χ0) is 15.6. The number of rotatable bonds is 4. The summed E-state index contributed by atoms with van der Waals surface area (Å²) in [6.45, 7) is 4.31. The van der Waals surface area contributed by atoms with E-state index in [1.54, 1.807) is 18.7 Å². The minimum atomic E-state index is -3.26. The van der Waals surface area contributed by atoms with E-state index < -0.39 is 10.0 Å². The van der Waals surface area contributed by atoms with E-state index in [0.29, 0.717) is 23.6 Å². The van der Waals surface area contributed by atoms with Gasteiger partial charge in [0.05, 0.1) is 11.9 Å². The molecule has 0 spiro atoms. The standard InChI is InChI=1S/C13H21N3O4S/c1-9-12(10(2)20-15-9)13(17)16-7-5-4-6-11(16)8-14-21(3,18)19/h11,14H,4-8H2,1-3H3. The van der Waals surface area contributed by atoms with Gasteiger partial charge in [0.1, 0.15) is 11.3 Å². The Balaban J connectivity index is 2.17. The molecule has 7 nitrogen and oxygen atoms in total. The number of piperidine rings is 1. The molecular weight excluding hydrogens is 294 g/mol. The molecule has 8 heteroatoms. The minimum absolute atomic E-state index is 0.130. The molecule has 1 unspecified atom stereocenters. The lowest BCUT2D eigenvalue weighted by Gasteiger charge is -2.35. The van der Waals surface area contributed by atoms with Gasteiger partial charge in [0.25, 0.3) is 5.91 Å². The summed E-state index contributed by atoms with van der Waals surface area (Å²) in [6, 6.07) is -0.130. The van der Waals surface area contributed by atoms with Crippen LogP contribution in [0.15, 0.2) is 4.52 Å². The first-order chi connectivity index (χ1) is 9.79. The summed E-state index contributed by atoms with van der Waals surface area (Å²) in [7, 11) is -3.26. The molecule has 1 atom stereocenters. The number of hydrogen-bond donors (Lipinski definition) is 1. The highest BCUT2D eigenvalue weighted by atomic mass is 32.2. The maximum Gasteiger partial charge on any atom is 0.259 e. The van der Waals surface area contributed by atoms with Gasteiger partial charge in [0.2, 0.25) is 10.0 Å². The van der Waals surface area contributed by atoms with Gasteiger partial charge in [-0.05, 0) is 33.1 Å². The summed E-state index contributed by atoms with van der Waals surface area (Å²) in [5.41, 5.74) is 1.05. The predicted octanol–water partition coefficient (Wildman–Crippen LogP) is 0.835. The van der Waals surface area contributed by atoms with Crippen molar-refractivity contribution >= 4 is 15.9 Å². The molecule has 2 heterocycles. The van der Waals surface area contributed by atoms with Crippen LogP contribution in [-0.2, 0) is 10.0 Å². The SMILES string of the molecule is Cc1noc(C)c1C(=O)N1CCCCC1CNS(C)(=O)=O. The maximum atomic E-state index is 12.7. The number of nitrogens with zero attached hydrogens (tertiary/aromatic N) is 2. The van der Waals surface area contributed by atoms with Gasteiger partial charge in [-0.3, -0.25) is 4.79 Å². The molecule has 1 aromatic heterocycles. The van der Waals surface area contributed by atoms with Crippen molar-refractivity contribution < 1.29 is 17.7 Å². The normalized spacial score (nSPS) is 19.8. The quantitative estimate of drug-likeness (QED) is 0.888. The highest BCUT2D eigenvalue weighted by Crippen LogP contribution is 2.22. The monoisotopic (exact) mass is 315 g/mol. The van der Waals surface area contributed by atoms with Crippen molar-refractivity contribution in [1.82, 2.24) is 14.8 Å². The van der Waals surface area contributed by atoms with Crippen molar-refractivity contribution in [3.63, 3.8) is 0 Å². The molecule has 0 aromatic carbocycles. The number of aryl methyl sites for hydroxylation is 2. The van der Waals surface area contributed by atoms with Crippen LogP contribution in [0.3, 0.4) is 0 Å². The number of amides is 1. The number of carbonyl (C=O) groups is 1. The topological polar surface area (TPSA) is 92.5 Å². The molecular formula is C13H21N3O4S. The number of likely N-dealkylation sites (tertiary alicyclic amines) is 1. The maximum absolute atomic E-state index is 12.7. The van der Waals surface area contributed by atoms with Crippen molar-refractivity contribution in [1.29, 1.82) is 0 Å². The molecule has 1 fully saturated rings. The van der Waals surface area contributed by atoms with E-state index in [0.717, 1.165) is 25.5 Å². The molecule has 118 valence electrons. The molecule has 1 aliphatic rings. The van der Waals surface area contributed by atoms with Crippen molar-refractivity contribution in [2.45, 2.75) is 39.2 Å². The smallest absolute Gasteiger partial charge is 0.259 e. The number of sulfonamides is 1.